The Morgan fingerprint density at radius 2 is 2.00 bits per heavy atom. The van der Waals surface area contributed by atoms with E-state index in [1.165, 1.54) is 0 Å². The van der Waals surface area contributed by atoms with Crippen molar-refractivity contribution in [1.82, 2.24) is 9.78 Å². The van der Waals surface area contributed by atoms with Gasteiger partial charge in [0.1, 0.15) is 5.75 Å². The zero-order valence-electron chi connectivity index (χ0n) is 11.2. The fourth-order valence-electron chi connectivity index (χ4n) is 2.09. The molecule has 1 aromatic heterocycles. The molecule has 1 heterocycles. The van der Waals surface area contributed by atoms with Crippen LogP contribution in [-0.4, -0.2) is 14.9 Å². The van der Waals surface area contributed by atoms with E-state index in [9.17, 15) is 5.11 Å². The number of benzene rings is 2. The summed E-state index contributed by atoms with van der Waals surface area (Å²) in [6.45, 7) is 0.452. The SMILES string of the molecule is Oc1cccc(Cl)c1CNc1cccc(-n2cccn2)c1. The third-order valence-corrected chi connectivity index (χ3v) is 3.53. The van der Waals surface area contributed by atoms with Crippen molar-refractivity contribution < 1.29 is 5.11 Å². The Morgan fingerprint density at radius 1 is 1.14 bits per heavy atom. The number of hydrogen-bond acceptors (Lipinski definition) is 3. The first-order valence-electron chi connectivity index (χ1n) is 6.54. The number of anilines is 1. The standard InChI is InChI=1S/C16H14ClN3O/c17-15-6-2-7-16(21)14(15)11-18-12-4-1-5-13(10-12)20-9-3-8-19-20/h1-10,18,21H,11H2. The normalized spacial score (nSPS) is 10.5. The van der Waals surface area contributed by atoms with Crippen LogP contribution in [0.15, 0.2) is 60.9 Å². The average molecular weight is 300 g/mol. The molecule has 0 aliphatic rings. The van der Waals surface area contributed by atoms with Crippen molar-refractivity contribution in [3.05, 3.63) is 71.5 Å². The van der Waals surface area contributed by atoms with Gasteiger partial charge in [-0.2, -0.15) is 5.10 Å². The van der Waals surface area contributed by atoms with Crippen molar-refractivity contribution in [1.29, 1.82) is 0 Å². The van der Waals surface area contributed by atoms with Crippen molar-refractivity contribution in [2.45, 2.75) is 6.54 Å². The van der Waals surface area contributed by atoms with Gasteiger partial charge in [-0.15, -0.1) is 0 Å². The number of nitrogens with one attached hydrogen (secondary N) is 1. The van der Waals surface area contributed by atoms with Crippen molar-refractivity contribution in [2.24, 2.45) is 0 Å². The molecule has 0 bridgehead atoms. The number of nitrogens with zero attached hydrogens (tertiary/aromatic N) is 2. The maximum absolute atomic E-state index is 9.84. The molecule has 0 radical (unpaired) electrons. The number of phenols is 1. The molecule has 0 amide bonds. The third kappa shape index (κ3) is 3.01. The van der Waals surface area contributed by atoms with Gasteiger partial charge >= 0.3 is 0 Å². The van der Waals surface area contributed by atoms with Crippen LogP contribution in [0.5, 0.6) is 5.75 Å². The molecule has 0 fully saturated rings. The highest BCUT2D eigenvalue weighted by atomic mass is 35.5. The maximum Gasteiger partial charge on any atom is 0.122 e. The summed E-state index contributed by atoms with van der Waals surface area (Å²) in [4.78, 5) is 0. The molecule has 3 aromatic rings. The van der Waals surface area contributed by atoms with Crippen LogP contribution in [0.25, 0.3) is 5.69 Å². The van der Waals surface area contributed by atoms with Crippen LogP contribution < -0.4 is 5.32 Å². The van der Waals surface area contributed by atoms with Gasteiger partial charge in [-0.1, -0.05) is 23.7 Å². The van der Waals surface area contributed by atoms with E-state index in [0.29, 0.717) is 17.1 Å². The molecular weight excluding hydrogens is 286 g/mol. The lowest BCUT2D eigenvalue weighted by atomic mass is 10.2. The number of phenolic OH excluding ortho intramolecular Hbond substituents is 1. The van der Waals surface area contributed by atoms with Crippen LogP contribution in [0.3, 0.4) is 0 Å². The van der Waals surface area contributed by atoms with E-state index < -0.39 is 0 Å². The Bertz CT molecular complexity index is 721. The van der Waals surface area contributed by atoms with Gasteiger partial charge in [0.05, 0.1) is 5.69 Å². The average Bonchev–Trinajstić information content (AvgIpc) is 3.01. The highest BCUT2D eigenvalue weighted by molar-refractivity contribution is 6.31. The Balaban J connectivity index is 1.78. The van der Waals surface area contributed by atoms with Crippen LogP contribution in [0.4, 0.5) is 5.69 Å². The summed E-state index contributed by atoms with van der Waals surface area (Å²) < 4.78 is 1.79. The minimum Gasteiger partial charge on any atom is -0.508 e. The lowest BCUT2D eigenvalue weighted by molar-refractivity contribution is 0.469. The molecule has 3 rings (SSSR count). The van der Waals surface area contributed by atoms with E-state index in [1.807, 2.05) is 36.5 Å². The molecule has 0 atom stereocenters. The summed E-state index contributed by atoms with van der Waals surface area (Å²) in [7, 11) is 0. The fourth-order valence-corrected chi connectivity index (χ4v) is 2.33. The second-order valence-corrected chi connectivity index (χ2v) is 5.00. The molecule has 0 aliphatic carbocycles. The minimum absolute atomic E-state index is 0.193. The topological polar surface area (TPSA) is 50.1 Å². The number of aromatic nitrogens is 2. The van der Waals surface area contributed by atoms with Crippen LogP contribution in [0.2, 0.25) is 5.02 Å². The molecule has 5 heteroatoms. The van der Waals surface area contributed by atoms with Gasteiger partial charge in [0.25, 0.3) is 0 Å². The van der Waals surface area contributed by atoms with Crippen LogP contribution in [-0.2, 0) is 6.54 Å². The Kier molecular flexibility index (Phi) is 3.79. The number of hydrogen-bond donors (Lipinski definition) is 2. The van der Waals surface area contributed by atoms with E-state index in [-0.39, 0.29) is 5.75 Å². The van der Waals surface area contributed by atoms with Crippen LogP contribution in [0.1, 0.15) is 5.56 Å². The molecular formula is C16H14ClN3O. The van der Waals surface area contributed by atoms with Crippen LogP contribution in [0, 0.1) is 0 Å². The molecule has 2 N–H and O–H groups in total. The second-order valence-electron chi connectivity index (χ2n) is 4.59. The second kappa shape index (κ2) is 5.89. The van der Waals surface area contributed by atoms with E-state index in [0.717, 1.165) is 11.4 Å². The first kappa shape index (κ1) is 13.5. The number of aromatic hydroxyl groups is 1. The summed E-state index contributed by atoms with van der Waals surface area (Å²) in [6.07, 6.45) is 3.63. The smallest absolute Gasteiger partial charge is 0.122 e. The Morgan fingerprint density at radius 3 is 2.76 bits per heavy atom. The maximum atomic E-state index is 9.84. The Hall–Kier alpha value is -2.46. The third-order valence-electron chi connectivity index (χ3n) is 3.18. The Labute approximate surface area is 127 Å². The predicted molar refractivity (Wildman–Crippen MR) is 84.0 cm³/mol. The van der Waals surface area contributed by atoms with E-state index >= 15 is 0 Å². The van der Waals surface area contributed by atoms with Gasteiger partial charge in [0.15, 0.2) is 0 Å². The van der Waals surface area contributed by atoms with Gasteiger partial charge in [0.2, 0.25) is 0 Å². The van der Waals surface area contributed by atoms with Gasteiger partial charge in [-0.25, -0.2) is 4.68 Å². The van der Waals surface area contributed by atoms with Gasteiger partial charge in [-0.05, 0) is 36.4 Å². The van der Waals surface area contributed by atoms with Crippen molar-refractivity contribution >= 4 is 17.3 Å². The zero-order chi connectivity index (χ0) is 14.7. The number of halogens is 1. The molecule has 0 spiro atoms. The molecule has 0 saturated heterocycles. The molecule has 0 unspecified atom stereocenters. The predicted octanol–water partition coefficient (Wildman–Crippen LogP) is 3.84. The summed E-state index contributed by atoms with van der Waals surface area (Å²) in [5.41, 5.74) is 2.58. The lowest BCUT2D eigenvalue weighted by Crippen LogP contribution is -2.02. The van der Waals surface area contributed by atoms with E-state index in [1.54, 1.807) is 29.1 Å². The van der Waals surface area contributed by atoms with Crippen molar-refractivity contribution in [3.8, 4) is 11.4 Å². The fraction of sp³-hybridized carbons (Fsp3) is 0.0625. The van der Waals surface area contributed by atoms with E-state index in [2.05, 4.69) is 10.4 Å². The molecule has 2 aromatic carbocycles. The quantitative estimate of drug-likeness (QED) is 0.769. The molecule has 106 valence electrons. The molecule has 21 heavy (non-hydrogen) atoms. The van der Waals surface area contributed by atoms with Gasteiger partial charge < -0.3 is 10.4 Å². The zero-order valence-corrected chi connectivity index (χ0v) is 12.0. The molecule has 4 nitrogen and oxygen atoms in total. The molecule has 0 aliphatic heterocycles. The van der Waals surface area contributed by atoms with Crippen molar-refractivity contribution in [2.75, 3.05) is 5.32 Å². The van der Waals surface area contributed by atoms with Gasteiger partial charge in [-0.3, -0.25) is 0 Å². The summed E-state index contributed by atoms with van der Waals surface area (Å²) in [5.74, 6) is 0.193. The summed E-state index contributed by atoms with van der Waals surface area (Å²) >= 11 is 6.09. The highest BCUT2D eigenvalue weighted by Crippen LogP contribution is 2.26. The largest absolute Gasteiger partial charge is 0.508 e. The van der Waals surface area contributed by atoms with Crippen molar-refractivity contribution in [3.63, 3.8) is 0 Å². The monoisotopic (exact) mass is 299 g/mol. The van der Waals surface area contributed by atoms with E-state index in [4.69, 9.17) is 11.6 Å². The first-order valence-corrected chi connectivity index (χ1v) is 6.92. The first-order chi connectivity index (χ1) is 10.2. The summed E-state index contributed by atoms with van der Waals surface area (Å²) in [6, 6.07) is 14.9. The van der Waals surface area contributed by atoms with Crippen LogP contribution >= 0.6 is 11.6 Å². The number of rotatable bonds is 4. The lowest BCUT2D eigenvalue weighted by Gasteiger charge is -2.11. The molecule has 0 saturated carbocycles. The minimum atomic E-state index is 0.193. The highest BCUT2D eigenvalue weighted by Gasteiger charge is 2.06. The summed E-state index contributed by atoms with van der Waals surface area (Å²) in [5, 5.41) is 17.8. The van der Waals surface area contributed by atoms with Gasteiger partial charge in [0, 0.05) is 35.2 Å².